The third-order valence-electron chi connectivity index (χ3n) is 4.74. The quantitative estimate of drug-likeness (QED) is 0.813. The maximum atomic E-state index is 12.8. The molecule has 0 bridgehead atoms. The number of hydrogen-bond acceptors (Lipinski definition) is 2. The largest absolute Gasteiger partial charge is 0.311 e. The molecule has 1 N–H and O–H groups in total. The number of rotatable bonds is 5. The lowest BCUT2D eigenvalue weighted by atomic mass is 9.82. The molecule has 0 spiro atoms. The summed E-state index contributed by atoms with van der Waals surface area (Å²) < 4.78 is 12.8. The third-order valence-corrected chi connectivity index (χ3v) is 4.74. The van der Waals surface area contributed by atoms with Gasteiger partial charge in [-0.15, -0.1) is 0 Å². The van der Waals surface area contributed by atoms with Crippen LogP contribution in [-0.4, -0.2) is 43.3 Å². The maximum absolute atomic E-state index is 12.8. The van der Waals surface area contributed by atoms with Gasteiger partial charge in [-0.1, -0.05) is 32.6 Å². The van der Waals surface area contributed by atoms with Crippen LogP contribution in [0.2, 0.25) is 0 Å². The Labute approximate surface area is 111 Å². The van der Waals surface area contributed by atoms with E-state index in [1.165, 1.54) is 44.9 Å². The molecule has 2 unspecified atom stereocenters. The van der Waals surface area contributed by atoms with Gasteiger partial charge in [-0.05, 0) is 25.2 Å². The van der Waals surface area contributed by atoms with Crippen LogP contribution in [0, 0.1) is 5.92 Å². The van der Waals surface area contributed by atoms with Crippen molar-refractivity contribution in [3.8, 4) is 0 Å². The van der Waals surface area contributed by atoms with Crippen molar-refractivity contribution in [1.29, 1.82) is 0 Å². The highest BCUT2D eigenvalue weighted by Crippen LogP contribution is 2.30. The van der Waals surface area contributed by atoms with Gasteiger partial charge in [0.05, 0.1) is 0 Å². The standard InChI is InChI=1S/C15H29FN2/c1-2-6-14-12-18(10-9-16)15(11-17-14)13-7-4-3-5-8-13/h13-15,17H,2-12H2,1H3. The van der Waals surface area contributed by atoms with Crippen LogP contribution in [-0.2, 0) is 0 Å². The molecule has 0 aromatic heterocycles. The molecule has 3 heteroatoms. The molecule has 2 atom stereocenters. The van der Waals surface area contributed by atoms with Crippen molar-refractivity contribution >= 4 is 0 Å². The lowest BCUT2D eigenvalue weighted by Gasteiger charge is -2.44. The molecule has 0 aromatic carbocycles. The van der Waals surface area contributed by atoms with Crippen LogP contribution in [0.25, 0.3) is 0 Å². The molecule has 0 amide bonds. The van der Waals surface area contributed by atoms with Crippen molar-refractivity contribution in [3.05, 3.63) is 0 Å². The smallest absolute Gasteiger partial charge is 0.102 e. The fourth-order valence-corrected chi connectivity index (χ4v) is 3.79. The minimum Gasteiger partial charge on any atom is -0.311 e. The Morgan fingerprint density at radius 1 is 1.22 bits per heavy atom. The van der Waals surface area contributed by atoms with Gasteiger partial charge in [0.2, 0.25) is 0 Å². The first-order valence-corrected chi connectivity index (χ1v) is 7.88. The SMILES string of the molecule is CCCC1CN(CCF)C(C2CCCCC2)CN1. The molecular weight excluding hydrogens is 227 g/mol. The molecule has 2 aliphatic rings. The summed E-state index contributed by atoms with van der Waals surface area (Å²) in [5.74, 6) is 0.806. The van der Waals surface area contributed by atoms with E-state index in [9.17, 15) is 4.39 Å². The van der Waals surface area contributed by atoms with Crippen LogP contribution >= 0.6 is 0 Å². The van der Waals surface area contributed by atoms with Gasteiger partial charge in [0, 0.05) is 31.7 Å². The molecule has 2 rings (SSSR count). The van der Waals surface area contributed by atoms with Crippen molar-refractivity contribution < 1.29 is 4.39 Å². The maximum Gasteiger partial charge on any atom is 0.102 e. The van der Waals surface area contributed by atoms with Crippen molar-refractivity contribution in [1.82, 2.24) is 10.2 Å². The molecule has 2 nitrogen and oxygen atoms in total. The molecule has 0 radical (unpaired) electrons. The number of halogens is 1. The minimum absolute atomic E-state index is 0.192. The second-order valence-corrected chi connectivity index (χ2v) is 6.04. The zero-order valence-corrected chi connectivity index (χ0v) is 11.8. The topological polar surface area (TPSA) is 15.3 Å². The Morgan fingerprint density at radius 2 is 2.00 bits per heavy atom. The molecule has 1 saturated heterocycles. The lowest BCUT2D eigenvalue weighted by molar-refractivity contribution is 0.0646. The predicted octanol–water partition coefficient (Wildman–Crippen LogP) is 2.98. The van der Waals surface area contributed by atoms with Crippen LogP contribution in [0.5, 0.6) is 0 Å². The van der Waals surface area contributed by atoms with E-state index in [2.05, 4.69) is 17.1 Å². The molecule has 1 aliphatic carbocycles. The fraction of sp³-hybridized carbons (Fsp3) is 1.00. The van der Waals surface area contributed by atoms with Gasteiger partial charge < -0.3 is 5.32 Å². The first-order valence-electron chi connectivity index (χ1n) is 7.88. The van der Waals surface area contributed by atoms with Crippen LogP contribution in [0.4, 0.5) is 4.39 Å². The van der Waals surface area contributed by atoms with E-state index in [0.29, 0.717) is 18.6 Å². The number of piperazine rings is 1. The van der Waals surface area contributed by atoms with Crippen molar-refractivity contribution in [2.24, 2.45) is 5.92 Å². The van der Waals surface area contributed by atoms with E-state index in [0.717, 1.165) is 19.0 Å². The van der Waals surface area contributed by atoms with Gasteiger partial charge in [0.25, 0.3) is 0 Å². The van der Waals surface area contributed by atoms with Gasteiger partial charge in [0.15, 0.2) is 0 Å². The molecule has 1 heterocycles. The average Bonchev–Trinajstić information content (AvgIpc) is 2.41. The second kappa shape index (κ2) is 7.44. The molecule has 18 heavy (non-hydrogen) atoms. The van der Waals surface area contributed by atoms with E-state index in [1.807, 2.05) is 0 Å². The Bertz CT molecular complexity index is 229. The highest BCUT2D eigenvalue weighted by atomic mass is 19.1. The van der Waals surface area contributed by atoms with Crippen molar-refractivity contribution in [3.63, 3.8) is 0 Å². The second-order valence-electron chi connectivity index (χ2n) is 6.04. The van der Waals surface area contributed by atoms with Gasteiger partial charge >= 0.3 is 0 Å². The number of hydrogen-bond donors (Lipinski definition) is 1. The zero-order chi connectivity index (χ0) is 12.8. The third kappa shape index (κ3) is 3.67. The zero-order valence-electron chi connectivity index (χ0n) is 11.8. The van der Waals surface area contributed by atoms with E-state index in [1.54, 1.807) is 0 Å². The summed E-state index contributed by atoms with van der Waals surface area (Å²) in [7, 11) is 0. The number of nitrogens with zero attached hydrogens (tertiary/aromatic N) is 1. The molecule has 106 valence electrons. The van der Waals surface area contributed by atoms with Crippen molar-refractivity contribution in [2.75, 3.05) is 26.3 Å². The van der Waals surface area contributed by atoms with Gasteiger partial charge in [-0.3, -0.25) is 4.90 Å². The Balaban J connectivity index is 1.91. The average molecular weight is 256 g/mol. The van der Waals surface area contributed by atoms with Crippen LogP contribution in [0.3, 0.4) is 0 Å². The minimum atomic E-state index is -0.192. The highest BCUT2D eigenvalue weighted by molar-refractivity contribution is 4.90. The summed E-state index contributed by atoms with van der Waals surface area (Å²) in [6.45, 7) is 4.81. The summed E-state index contributed by atoms with van der Waals surface area (Å²) in [6, 6.07) is 1.18. The first kappa shape index (κ1) is 14.3. The summed E-state index contributed by atoms with van der Waals surface area (Å²) in [4.78, 5) is 2.44. The fourth-order valence-electron chi connectivity index (χ4n) is 3.79. The lowest BCUT2D eigenvalue weighted by Crippen LogP contribution is -2.59. The van der Waals surface area contributed by atoms with Crippen LogP contribution in [0.15, 0.2) is 0 Å². The predicted molar refractivity (Wildman–Crippen MR) is 74.6 cm³/mol. The Kier molecular flexibility index (Phi) is 5.90. The summed E-state index contributed by atoms with van der Waals surface area (Å²) in [6.07, 6.45) is 9.31. The monoisotopic (exact) mass is 256 g/mol. The molecular formula is C15H29FN2. The molecule has 1 saturated carbocycles. The Morgan fingerprint density at radius 3 is 2.67 bits per heavy atom. The Hall–Kier alpha value is -0.150. The number of nitrogens with one attached hydrogen (secondary N) is 1. The highest BCUT2D eigenvalue weighted by Gasteiger charge is 2.33. The van der Waals surface area contributed by atoms with E-state index < -0.39 is 0 Å². The molecule has 1 aliphatic heterocycles. The first-order chi connectivity index (χ1) is 8.85. The summed E-state index contributed by atoms with van der Waals surface area (Å²) in [5, 5.41) is 3.69. The van der Waals surface area contributed by atoms with Crippen molar-refractivity contribution in [2.45, 2.75) is 64.0 Å². The molecule has 0 aromatic rings. The van der Waals surface area contributed by atoms with Gasteiger partial charge in [0.1, 0.15) is 6.67 Å². The van der Waals surface area contributed by atoms with Crippen LogP contribution < -0.4 is 5.32 Å². The number of alkyl halides is 1. The van der Waals surface area contributed by atoms with E-state index >= 15 is 0 Å². The molecule has 2 fully saturated rings. The van der Waals surface area contributed by atoms with Gasteiger partial charge in [-0.25, -0.2) is 4.39 Å². The normalized spacial score (nSPS) is 31.7. The van der Waals surface area contributed by atoms with Crippen LogP contribution in [0.1, 0.15) is 51.9 Å². The summed E-state index contributed by atoms with van der Waals surface area (Å²) >= 11 is 0. The van der Waals surface area contributed by atoms with Gasteiger partial charge in [-0.2, -0.15) is 0 Å². The van der Waals surface area contributed by atoms with E-state index in [-0.39, 0.29) is 6.67 Å². The summed E-state index contributed by atoms with van der Waals surface area (Å²) in [5.41, 5.74) is 0. The van der Waals surface area contributed by atoms with E-state index in [4.69, 9.17) is 0 Å².